The van der Waals surface area contributed by atoms with E-state index in [0.29, 0.717) is 29.0 Å². The lowest BCUT2D eigenvalue weighted by molar-refractivity contribution is 0.0254. The molecular formula is C28H36ClNOS. The van der Waals surface area contributed by atoms with Crippen molar-refractivity contribution in [1.82, 2.24) is 5.32 Å². The Balaban J connectivity index is 1.58. The predicted molar refractivity (Wildman–Crippen MR) is 137 cm³/mol. The summed E-state index contributed by atoms with van der Waals surface area (Å²) in [4.78, 5) is 14.1. The first-order chi connectivity index (χ1) is 15.2. The molecule has 0 heterocycles. The molecule has 1 N–H and O–H groups in total. The van der Waals surface area contributed by atoms with Crippen LogP contribution in [0.2, 0.25) is 5.02 Å². The van der Waals surface area contributed by atoms with Crippen LogP contribution in [-0.2, 0) is 11.8 Å². The highest BCUT2D eigenvalue weighted by Gasteiger charge is 2.51. The Labute approximate surface area is 202 Å². The number of amides is 1. The third kappa shape index (κ3) is 4.23. The maximum Gasteiger partial charge on any atom is 0.252 e. The van der Waals surface area contributed by atoms with Gasteiger partial charge in [-0.1, -0.05) is 63.9 Å². The van der Waals surface area contributed by atoms with Gasteiger partial charge in [-0.2, -0.15) is 0 Å². The molecule has 0 radical (unpaired) electrons. The van der Waals surface area contributed by atoms with Gasteiger partial charge >= 0.3 is 0 Å². The van der Waals surface area contributed by atoms with Gasteiger partial charge in [-0.15, -0.1) is 11.8 Å². The molecule has 2 aliphatic carbocycles. The van der Waals surface area contributed by atoms with Crippen LogP contribution in [0.1, 0.15) is 86.3 Å². The average Bonchev–Trinajstić information content (AvgIpc) is 2.77. The number of carbonyl (C=O) groups excluding carboxylic acids is 1. The summed E-state index contributed by atoms with van der Waals surface area (Å²) in [6, 6.07) is 12.9. The van der Waals surface area contributed by atoms with E-state index in [0.717, 1.165) is 17.7 Å². The van der Waals surface area contributed by atoms with Crippen molar-refractivity contribution >= 4 is 29.3 Å². The second-order valence-electron chi connectivity index (χ2n) is 10.6. The van der Waals surface area contributed by atoms with Crippen LogP contribution in [0.4, 0.5) is 0 Å². The number of hydrogen-bond acceptors (Lipinski definition) is 2. The van der Waals surface area contributed by atoms with Gasteiger partial charge in [0.15, 0.2) is 0 Å². The average molecular weight is 470 g/mol. The Bertz CT molecular complexity index is 1020. The highest BCUT2D eigenvalue weighted by molar-refractivity contribution is 7.98. The second-order valence-corrected chi connectivity index (χ2v) is 11.9. The van der Waals surface area contributed by atoms with E-state index in [4.69, 9.17) is 11.6 Å². The minimum atomic E-state index is -0.0577. The Morgan fingerprint density at radius 1 is 1.19 bits per heavy atom. The SMILES string of the molecule is CSc1ccc(Cl)c(C(=O)NC[C@@]2(C)CCC[C@@]3(C)c4cc(C(C)C)ccc4CC[C@@H]23)c1. The van der Waals surface area contributed by atoms with E-state index < -0.39 is 0 Å². The van der Waals surface area contributed by atoms with Gasteiger partial charge in [0.1, 0.15) is 0 Å². The van der Waals surface area contributed by atoms with Crippen LogP contribution in [0.25, 0.3) is 0 Å². The molecule has 4 heteroatoms. The van der Waals surface area contributed by atoms with E-state index in [2.05, 4.69) is 51.2 Å². The standard InChI is InChI=1S/C28H36ClNOS/c1-18(2)20-8-7-19-9-12-25-27(3,13-6-14-28(25,4)23(19)15-20)17-30-26(31)22-16-21(32-5)10-11-24(22)29/h7-8,10-11,15-16,18,25H,6,9,12-14,17H2,1-5H3,(H,30,31)/t25-,27+,28-/m0/s1. The molecule has 0 spiro atoms. The molecule has 0 aliphatic heterocycles. The van der Waals surface area contributed by atoms with Crippen molar-refractivity contribution in [3.05, 3.63) is 63.7 Å². The number of carbonyl (C=O) groups is 1. The zero-order valence-corrected chi connectivity index (χ0v) is 21.6. The summed E-state index contributed by atoms with van der Waals surface area (Å²) in [7, 11) is 0. The van der Waals surface area contributed by atoms with Gasteiger partial charge in [0.05, 0.1) is 10.6 Å². The van der Waals surface area contributed by atoms with Crippen LogP contribution in [0, 0.1) is 11.3 Å². The molecule has 2 nitrogen and oxygen atoms in total. The largest absolute Gasteiger partial charge is 0.351 e. The minimum Gasteiger partial charge on any atom is -0.351 e. The van der Waals surface area contributed by atoms with Crippen LogP contribution < -0.4 is 5.32 Å². The van der Waals surface area contributed by atoms with Crippen LogP contribution >= 0.6 is 23.4 Å². The van der Waals surface area contributed by atoms with Crippen molar-refractivity contribution in [2.45, 2.75) is 76.0 Å². The molecule has 0 saturated heterocycles. The molecule has 172 valence electrons. The summed E-state index contributed by atoms with van der Waals surface area (Å²) >= 11 is 7.99. The van der Waals surface area contributed by atoms with Crippen LogP contribution in [-0.4, -0.2) is 18.7 Å². The van der Waals surface area contributed by atoms with Gasteiger partial charge in [0, 0.05) is 11.4 Å². The zero-order chi connectivity index (χ0) is 23.1. The fraction of sp³-hybridized carbons (Fsp3) is 0.536. The third-order valence-electron chi connectivity index (χ3n) is 8.24. The summed E-state index contributed by atoms with van der Waals surface area (Å²) in [5.41, 5.74) is 5.37. The number of rotatable bonds is 5. The molecule has 4 rings (SSSR count). The van der Waals surface area contributed by atoms with E-state index in [1.807, 2.05) is 24.5 Å². The molecule has 0 bridgehead atoms. The fourth-order valence-corrected chi connectivity index (χ4v) is 7.01. The van der Waals surface area contributed by atoms with E-state index >= 15 is 0 Å². The number of fused-ring (bicyclic) bond motifs is 3. The van der Waals surface area contributed by atoms with E-state index in [1.54, 1.807) is 17.3 Å². The number of aryl methyl sites for hydroxylation is 1. The lowest BCUT2D eigenvalue weighted by atomic mass is 9.49. The number of hydrogen-bond donors (Lipinski definition) is 1. The summed E-state index contributed by atoms with van der Waals surface area (Å²) < 4.78 is 0. The molecule has 0 unspecified atom stereocenters. The molecule has 1 amide bonds. The monoisotopic (exact) mass is 469 g/mol. The lowest BCUT2D eigenvalue weighted by Gasteiger charge is -2.55. The summed E-state index contributed by atoms with van der Waals surface area (Å²) in [5, 5.41) is 3.79. The van der Waals surface area contributed by atoms with Gasteiger partial charge in [0.25, 0.3) is 5.91 Å². The Morgan fingerprint density at radius 3 is 2.69 bits per heavy atom. The maximum atomic E-state index is 13.1. The molecule has 2 aromatic rings. The number of nitrogens with one attached hydrogen (secondary N) is 1. The molecule has 2 aliphatic rings. The summed E-state index contributed by atoms with van der Waals surface area (Å²) in [6.45, 7) is 10.1. The van der Waals surface area contributed by atoms with E-state index in [1.165, 1.54) is 30.4 Å². The van der Waals surface area contributed by atoms with Crippen molar-refractivity contribution < 1.29 is 4.79 Å². The smallest absolute Gasteiger partial charge is 0.252 e. The maximum absolute atomic E-state index is 13.1. The molecule has 1 saturated carbocycles. The molecule has 1 fully saturated rings. The lowest BCUT2D eigenvalue weighted by Crippen LogP contribution is -2.53. The summed E-state index contributed by atoms with van der Waals surface area (Å²) in [5.74, 6) is 1.05. The highest BCUT2D eigenvalue weighted by atomic mass is 35.5. The second kappa shape index (κ2) is 9.06. The first-order valence-corrected chi connectivity index (χ1v) is 13.5. The van der Waals surface area contributed by atoms with Crippen molar-refractivity contribution in [1.29, 1.82) is 0 Å². The van der Waals surface area contributed by atoms with Crippen LogP contribution in [0.15, 0.2) is 41.3 Å². The summed E-state index contributed by atoms with van der Waals surface area (Å²) in [6.07, 6.45) is 7.94. The van der Waals surface area contributed by atoms with Crippen LogP contribution in [0.5, 0.6) is 0 Å². The Hall–Kier alpha value is -1.45. The fourth-order valence-electron chi connectivity index (χ4n) is 6.36. The Kier molecular flexibility index (Phi) is 6.71. The van der Waals surface area contributed by atoms with Crippen LogP contribution in [0.3, 0.4) is 0 Å². The van der Waals surface area contributed by atoms with Gasteiger partial charge in [-0.25, -0.2) is 0 Å². The highest BCUT2D eigenvalue weighted by Crippen LogP contribution is 2.57. The zero-order valence-electron chi connectivity index (χ0n) is 20.1. The molecule has 2 aromatic carbocycles. The minimum absolute atomic E-state index is 0.0577. The normalized spacial score (nSPS) is 27.0. The van der Waals surface area contributed by atoms with Crippen molar-refractivity contribution in [2.75, 3.05) is 12.8 Å². The van der Waals surface area contributed by atoms with Gasteiger partial charge in [0.2, 0.25) is 0 Å². The van der Waals surface area contributed by atoms with Crippen molar-refractivity contribution in [3.63, 3.8) is 0 Å². The van der Waals surface area contributed by atoms with Crippen molar-refractivity contribution in [2.24, 2.45) is 11.3 Å². The first-order valence-electron chi connectivity index (χ1n) is 11.9. The molecule has 32 heavy (non-hydrogen) atoms. The number of thioether (sulfide) groups is 1. The molecule has 0 aromatic heterocycles. The first kappa shape index (κ1) is 23.7. The van der Waals surface area contributed by atoms with E-state index in [9.17, 15) is 4.79 Å². The van der Waals surface area contributed by atoms with Gasteiger partial charge in [-0.3, -0.25) is 4.79 Å². The predicted octanol–water partition coefficient (Wildman–Crippen LogP) is 7.63. The van der Waals surface area contributed by atoms with Gasteiger partial charge < -0.3 is 5.32 Å². The van der Waals surface area contributed by atoms with Crippen molar-refractivity contribution in [3.8, 4) is 0 Å². The Morgan fingerprint density at radius 2 is 1.97 bits per heavy atom. The molecular weight excluding hydrogens is 434 g/mol. The quantitative estimate of drug-likeness (QED) is 0.456. The van der Waals surface area contributed by atoms with Gasteiger partial charge in [-0.05, 0) is 89.5 Å². The topological polar surface area (TPSA) is 29.1 Å². The van der Waals surface area contributed by atoms with E-state index in [-0.39, 0.29) is 16.7 Å². The number of benzene rings is 2. The molecule has 3 atom stereocenters. The third-order valence-corrected chi connectivity index (χ3v) is 9.30. The number of halogens is 1.